The van der Waals surface area contributed by atoms with Gasteiger partial charge in [0.1, 0.15) is 11.9 Å². The molecule has 25 heavy (non-hydrogen) atoms. The van der Waals surface area contributed by atoms with Gasteiger partial charge in [-0.15, -0.1) is 12.3 Å². The highest BCUT2D eigenvalue weighted by Gasteiger charge is 2.39. The van der Waals surface area contributed by atoms with Crippen molar-refractivity contribution >= 4 is 17.6 Å². The van der Waals surface area contributed by atoms with Gasteiger partial charge in [0.15, 0.2) is 5.66 Å². The highest BCUT2D eigenvalue weighted by Crippen LogP contribution is 2.37. The third-order valence-electron chi connectivity index (χ3n) is 4.65. The lowest BCUT2D eigenvalue weighted by molar-refractivity contribution is -0.128. The van der Waals surface area contributed by atoms with E-state index in [-0.39, 0.29) is 18.2 Å². The van der Waals surface area contributed by atoms with Crippen LogP contribution in [-0.2, 0) is 16.6 Å². The quantitative estimate of drug-likeness (QED) is 0.759. The maximum absolute atomic E-state index is 12.7. The first kappa shape index (κ1) is 17.1. The molecular formula is C17H22N6O2. The minimum Gasteiger partial charge on any atom is -0.344 e. The predicted octanol–water partition coefficient (Wildman–Crippen LogP) is 1.39. The molecule has 0 saturated carbocycles. The molecule has 3 heterocycles. The number of amides is 2. The molecule has 8 heteroatoms. The summed E-state index contributed by atoms with van der Waals surface area (Å²) < 4.78 is 1.66. The minimum absolute atomic E-state index is 0.0916. The molecule has 0 aliphatic carbocycles. The largest absolute Gasteiger partial charge is 0.344 e. The zero-order valence-corrected chi connectivity index (χ0v) is 14.3. The first-order valence-electron chi connectivity index (χ1n) is 8.51. The number of nitrogens with zero attached hydrogens (tertiary/aromatic N) is 5. The predicted molar refractivity (Wildman–Crippen MR) is 91.6 cm³/mol. The van der Waals surface area contributed by atoms with Crippen molar-refractivity contribution < 1.29 is 9.59 Å². The number of anilines is 1. The Morgan fingerprint density at radius 3 is 2.92 bits per heavy atom. The molecule has 1 aromatic heterocycles. The Morgan fingerprint density at radius 2 is 2.28 bits per heavy atom. The molecule has 3 rings (SSSR count). The van der Waals surface area contributed by atoms with Crippen molar-refractivity contribution in [2.45, 2.75) is 50.2 Å². The van der Waals surface area contributed by atoms with E-state index in [2.05, 4.69) is 26.6 Å². The average molecular weight is 342 g/mol. The zero-order chi connectivity index (χ0) is 17.9. The van der Waals surface area contributed by atoms with Crippen LogP contribution >= 0.6 is 0 Å². The summed E-state index contributed by atoms with van der Waals surface area (Å²) in [5.41, 5.74) is -0.471. The maximum Gasteiger partial charge on any atom is 0.250 e. The van der Waals surface area contributed by atoms with Crippen molar-refractivity contribution in [3.8, 4) is 12.3 Å². The van der Waals surface area contributed by atoms with E-state index in [4.69, 9.17) is 6.42 Å². The van der Waals surface area contributed by atoms with Crippen molar-refractivity contribution in [3.05, 3.63) is 12.3 Å². The molecule has 2 aliphatic rings. The first-order valence-corrected chi connectivity index (χ1v) is 8.51. The number of carbonyl (C=O) groups excluding carboxylic acids is 2. The van der Waals surface area contributed by atoms with Crippen molar-refractivity contribution in [1.29, 1.82) is 0 Å². The van der Waals surface area contributed by atoms with Crippen LogP contribution < -0.4 is 10.2 Å². The average Bonchev–Trinajstić information content (AvgIpc) is 3.26. The number of carbonyl (C=O) groups is 2. The summed E-state index contributed by atoms with van der Waals surface area (Å²) in [4.78, 5) is 26.6. The lowest BCUT2D eigenvalue weighted by Gasteiger charge is -2.32. The van der Waals surface area contributed by atoms with E-state index in [0.29, 0.717) is 32.2 Å². The highest BCUT2D eigenvalue weighted by molar-refractivity contribution is 5.99. The van der Waals surface area contributed by atoms with E-state index in [1.165, 1.54) is 0 Å². The van der Waals surface area contributed by atoms with E-state index >= 15 is 0 Å². The SMILES string of the molecule is C#CCCC1(CCC(=O)NC2CCCN(c3ccnn3C)C2=O)N=N1. The first-order chi connectivity index (χ1) is 12.0. The van der Waals surface area contributed by atoms with Crippen molar-refractivity contribution in [2.75, 3.05) is 11.4 Å². The van der Waals surface area contributed by atoms with Crippen LogP contribution in [0.5, 0.6) is 0 Å². The summed E-state index contributed by atoms with van der Waals surface area (Å²) in [6.45, 7) is 0.637. The van der Waals surface area contributed by atoms with Crippen molar-refractivity contribution in [3.63, 3.8) is 0 Å². The molecular weight excluding hydrogens is 320 g/mol. The second-order valence-electron chi connectivity index (χ2n) is 6.45. The van der Waals surface area contributed by atoms with Gasteiger partial charge in [-0.25, -0.2) is 0 Å². The topological polar surface area (TPSA) is 92.0 Å². The fourth-order valence-electron chi connectivity index (χ4n) is 3.12. The highest BCUT2D eigenvalue weighted by atomic mass is 16.2. The lowest BCUT2D eigenvalue weighted by Crippen LogP contribution is -2.53. The number of hydrogen-bond donors (Lipinski definition) is 1. The molecule has 1 saturated heterocycles. The van der Waals surface area contributed by atoms with E-state index in [9.17, 15) is 9.59 Å². The van der Waals surface area contributed by atoms with Gasteiger partial charge < -0.3 is 5.32 Å². The number of terminal acetylenes is 1. The number of rotatable bonds is 7. The van der Waals surface area contributed by atoms with Gasteiger partial charge in [-0.2, -0.15) is 15.3 Å². The van der Waals surface area contributed by atoms with Crippen molar-refractivity contribution in [2.24, 2.45) is 17.3 Å². The molecule has 1 fully saturated rings. The van der Waals surface area contributed by atoms with Gasteiger partial charge in [0, 0.05) is 45.3 Å². The van der Waals surface area contributed by atoms with Gasteiger partial charge in [0.05, 0.1) is 6.20 Å². The Balaban J connectivity index is 1.52. The van der Waals surface area contributed by atoms with Gasteiger partial charge >= 0.3 is 0 Å². The minimum atomic E-state index is -0.495. The monoisotopic (exact) mass is 342 g/mol. The molecule has 2 aliphatic heterocycles. The van der Waals surface area contributed by atoms with Crippen LogP contribution in [0.25, 0.3) is 0 Å². The summed E-state index contributed by atoms with van der Waals surface area (Å²) in [5.74, 6) is 3.07. The Labute approximate surface area is 146 Å². The van der Waals surface area contributed by atoms with E-state index in [1.807, 2.05) is 0 Å². The molecule has 1 aromatic rings. The van der Waals surface area contributed by atoms with Crippen LogP contribution in [0.3, 0.4) is 0 Å². The molecule has 8 nitrogen and oxygen atoms in total. The molecule has 0 aromatic carbocycles. The number of aromatic nitrogens is 2. The molecule has 132 valence electrons. The third-order valence-corrected chi connectivity index (χ3v) is 4.65. The number of hydrogen-bond acceptors (Lipinski definition) is 5. The Morgan fingerprint density at radius 1 is 1.48 bits per heavy atom. The molecule has 1 N–H and O–H groups in total. The van der Waals surface area contributed by atoms with E-state index in [0.717, 1.165) is 12.2 Å². The number of piperidine rings is 1. The van der Waals surface area contributed by atoms with Crippen LogP contribution in [0.1, 0.15) is 38.5 Å². The smallest absolute Gasteiger partial charge is 0.250 e. The number of nitrogens with one attached hydrogen (secondary N) is 1. The van der Waals surface area contributed by atoms with Crippen LogP contribution in [0.4, 0.5) is 5.82 Å². The van der Waals surface area contributed by atoms with Crippen molar-refractivity contribution in [1.82, 2.24) is 15.1 Å². The third kappa shape index (κ3) is 3.87. The molecule has 1 atom stereocenters. The van der Waals surface area contributed by atoms with E-state index < -0.39 is 11.7 Å². The molecule has 0 spiro atoms. The van der Waals surface area contributed by atoms with Gasteiger partial charge in [-0.05, 0) is 12.8 Å². The second-order valence-corrected chi connectivity index (χ2v) is 6.45. The summed E-state index contributed by atoms with van der Waals surface area (Å²) in [5, 5.41) is 15.0. The van der Waals surface area contributed by atoms with Crippen LogP contribution in [0, 0.1) is 12.3 Å². The Kier molecular flexibility index (Phi) is 4.83. The molecule has 0 radical (unpaired) electrons. The van der Waals surface area contributed by atoms with Crippen LogP contribution in [0.2, 0.25) is 0 Å². The summed E-state index contributed by atoms with van der Waals surface area (Å²) in [6, 6.07) is 1.30. The van der Waals surface area contributed by atoms with Crippen LogP contribution in [0.15, 0.2) is 22.5 Å². The molecule has 0 bridgehead atoms. The van der Waals surface area contributed by atoms with Gasteiger partial charge in [0.25, 0.3) is 5.91 Å². The fourth-order valence-corrected chi connectivity index (χ4v) is 3.12. The Bertz CT molecular complexity index is 726. The lowest BCUT2D eigenvalue weighted by atomic mass is 10.0. The fraction of sp³-hybridized carbons (Fsp3) is 0.588. The Hall–Kier alpha value is -2.69. The summed E-state index contributed by atoms with van der Waals surface area (Å²) in [7, 11) is 1.79. The second kappa shape index (κ2) is 7.05. The summed E-state index contributed by atoms with van der Waals surface area (Å²) in [6.07, 6.45) is 10.5. The van der Waals surface area contributed by atoms with Gasteiger partial charge in [-0.1, -0.05) is 0 Å². The number of aryl methyl sites for hydroxylation is 1. The van der Waals surface area contributed by atoms with Crippen LogP contribution in [-0.4, -0.2) is 39.8 Å². The van der Waals surface area contributed by atoms with E-state index in [1.54, 1.807) is 28.9 Å². The normalized spacial score (nSPS) is 21.0. The summed E-state index contributed by atoms with van der Waals surface area (Å²) >= 11 is 0. The molecule has 2 amide bonds. The zero-order valence-electron chi connectivity index (χ0n) is 14.3. The molecule has 1 unspecified atom stereocenters. The standard InChI is InChI=1S/C17H22N6O2/c1-3-4-9-17(20-21-17)10-7-14(24)19-13-6-5-12-23(16(13)25)15-8-11-18-22(15)2/h1,8,11,13H,4-7,9-10,12H2,2H3,(H,19,24). The maximum atomic E-state index is 12.7. The van der Waals surface area contributed by atoms with Gasteiger partial charge in [-0.3, -0.25) is 19.2 Å². The van der Waals surface area contributed by atoms with Gasteiger partial charge in [0.2, 0.25) is 5.91 Å².